The maximum atomic E-state index is 12.4. The number of hydrogen-bond donors (Lipinski definition) is 1. The molecule has 0 fully saturated rings. The van der Waals surface area contributed by atoms with Crippen LogP contribution in [-0.2, 0) is 15.7 Å². The number of rotatable bonds is 5. The van der Waals surface area contributed by atoms with E-state index in [-0.39, 0.29) is 18.6 Å². The van der Waals surface area contributed by atoms with Crippen LogP contribution in [0.15, 0.2) is 29.4 Å². The SMILES string of the molecule is CCOC(=O)C/C(C)=N\NC(=O)c1ccc(C(F)(F)F)cc1. The number of carbonyl (C=O) groups is 2. The Morgan fingerprint density at radius 1 is 1.23 bits per heavy atom. The number of hydrazone groups is 1. The number of nitrogens with zero attached hydrogens (tertiary/aromatic N) is 1. The largest absolute Gasteiger partial charge is 0.466 e. The first kappa shape index (κ1) is 17.7. The number of carbonyl (C=O) groups excluding carboxylic acids is 2. The molecule has 1 amide bonds. The number of benzene rings is 1. The molecule has 0 bridgehead atoms. The maximum Gasteiger partial charge on any atom is 0.416 e. The van der Waals surface area contributed by atoms with Gasteiger partial charge in [-0.15, -0.1) is 0 Å². The van der Waals surface area contributed by atoms with Crippen LogP contribution in [0, 0.1) is 0 Å². The van der Waals surface area contributed by atoms with Crippen molar-refractivity contribution in [1.82, 2.24) is 5.43 Å². The number of halogens is 3. The van der Waals surface area contributed by atoms with Gasteiger partial charge in [-0.05, 0) is 38.1 Å². The molecule has 22 heavy (non-hydrogen) atoms. The summed E-state index contributed by atoms with van der Waals surface area (Å²) in [5.74, 6) is -1.15. The lowest BCUT2D eigenvalue weighted by Gasteiger charge is -2.07. The monoisotopic (exact) mass is 316 g/mol. The maximum absolute atomic E-state index is 12.4. The van der Waals surface area contributed by atoms with Gasteiger partial charge < -0.3 is 4.74 Å². The molecule has 0 atom stereocenters. The number of hydrogen-bond acceptors (Lipinski definition) is 4. The Hall–Kier alpha value is -2.38. The molecule has 0 aliphatic heterocycles. The predicted molar refractivity (Wildman–Crippen MR) is 73.3 cm³/mol. The van der Waals surface area contributed by atoms with Gasteiger partial charge in [-0.2, -0.15) is 18.3 Å². The summed E-state index contributed by atoms with van der Waals surface area (Å²) in [5, 5.41) is 3.69. The van der Waals surface area contributed by atoms with Crippen molar-refractivity contribution in [3.8, 4) is 0 Å². The molecule has 0 aliphatic carbocycles. The third-order valence-electron chi connectivity index (χ3n) is 2.53. The van der Waals surface area contributed by atoms with Gasteiger partial charge in [-0.3, -0.25) is 9.59 Å². The van der Waals surface area contributed by atoms with E-state index in [4.69, 9.17) is 4.74 Å². The Labute approximate surface area is 125 Å². The number of nitrogens with one attached hydrogen (secondary N) is 1. The smallest absolute Gasteiger partial charge is 0.416 e. The van der Waals surface area contributed by atoms with Crippen LogP contribution in [0.1, 0.15) is 36.2 Å². The average molecular weight is 316 g/mol. The molecular weight excluding hydrogens is 301 g/mol. The quantitative estimate of drug-likeness (QED) is 0.516. The van der Waals surface area contributed by atoms with Gasteiger partial charge in [0.25, 0.3) is 5.91 Å². The summed E-state index contributed by atoms with van der Waals surface area (Å²) in [7, 11) is 0. The van der Waals surface area contributed by atoms with Crippen molar-refractivity contribution in [3.63, 3.8) is 0 Å². The topological polar surface area (TPSA) is 67.8 Å². The molecule has 5 nitrogen and oxygen atoms in total. The zero-order valence-corrected chi connectivity index (χ0v) is 12.0. The minimum Gasteiger partial charge on any atom is -0.466 e. The lowest BCUT2D eigenvalue weighted by atomic mass is 10.1. The number of amides is 1. The van der Waals surface area contributed by atoms with Crippen LogP contribution in [0.3, 0.4) is 0 Å². The summed E-state index contributed by atoms with van der Waals surface area (Å²) < 4.78 is 41.9. The number of ether oxygens (including phenoxy) is 1. The zero-order chi connectivity index (χ0) is 16.8. The molecule has 0 aliphatic rings. The second kappa shape index (κ2) is 7.58. The minimum atomic E-state index is -4.45. The molecule has 120 valence electrons. The Morgan fingerprint density at radius 2 is 1.82 bits per heavy atom. The molecule has 8 heteroatoms. The summed E-state index contributed by atoms with van der Waals surface area (Å²) in [6, 6.07) is 3.72. The Balaban J connectivity index is 2.64. The van der Waals surface area contributed by atoms with Crippen LogP contribution in [0.25, 0.3) is 0 Å². The molecule has 1 aromatic carbocycles. The van der Waals surface area contributed by atoms with E-state index < -0.39 is 23.6 Å². The second-order valence-corrected chi connectivity index (χ2v) is 4.34. The van der Waals surface area contributed by atoms with Crippen molar-refractivity contribution in [2.75, 3.05) is 6.61 Å². The molecule has 0 saturated carbocycles. The fraction of sp³-hybridized carbons (Fsp3) is 0.357. The highest BCUT2D eigenvalue weighted by molar-refractivity contribution is 5.99. The molecule has 1 aromatic rings. The molecule has 1 rings (SSSR count). The van der Waals surface area contributed by atoms with Gasteiger partial charge in [0.15, 0.2) is 0 Å². The van der Waals surface area contributed by atoms with Crippen molar-refractivity contribution >= 4 is 17.6 Å². The van der Waals surface area contributed by atoms with Crippen molar-refractivity contribution in [2.24, 2.45) is 5.10 Å². The summed E-state index contributed by atoms with van der Waals surface area (Å²) >= 11 is 0. The zero-order valence-electron chi connectivity index (χ0n) is 12.0. The molecular formula is C14H15F3N2O3. The molecule has 0 saturated heterocycles. The molecule has 0 heterocycles. The van der Waals surface area contributed by atoms with Crippen LogP contribution in [0.5, 0.6) is 0 Å². The summed E-state index contributed by atoms with van der Waals surface area (Å²) in [6.07, 6.45) is -4.54. The van der Waals surface area contributed by atoms with E-state index in [2.05, 4.69) is 10.5 Å². The van der Waals surface area contributed by atoms with Gasteiger partial charge in [0.05, 0.1) is 18.6 Å². The highest BCUT2D eigenvalue weighted by Crippen LogP contribution is 2.28. The van der Waals surface area contributed by atoms with Crippen molar-refractivity contribution in [3.05, 3.63) is 35.4 Å². The van der Waals surface area contributed by atoms with Crippen LogP contribution < -0.4 is 5.43 Å². The Bertz CT molecular complexity index is 566. The van der Waals surface area contributed by atoms with Crippen LogP contribution >= 0.6 is 0 Å². The van der Waals surface area contributed by atoms with Crippen LogP contribution in [0.4, 0.5) is 13.2 Å². The second-order valence-electron chi connectivity index (χ2n) is 4.34. The summed E-state index contributed by atoms with van der Waals surface area (Å²) in [4.78, 5) is 22.9. The number of alkyl halides is 3. The van der Waals surface area contributed by atoms with E-state index in [1.54, 1.807) is 6.92 Å². The van der Waals surface area contributed by atoms with Gasteiger partial charge in [-0.1, -0.05) is 0 Å². The van der Waals surface area contributed by atoms with Crippen LogP contribution in [0.2, 0.25) is 0 Å². The Kier molecular flexibility index (Phi) is 6.09. The predicted octanol–water partition coefficient (Wildman–Crippen LogP) is 2.76. The normalized spacial score (nSPS) is 12.0. The van der Waals surface area contributed by atoms with Crippen molar-refractivity contribution in [2.45, 2.75) is 26.4 Å². The van der Waals surface area contributed by atoms with E-state index >= 15 is 0 Å². The number of esters is 1. The average Bonchev–Trinajstić information content (AvgIpc) is 2.44. The van der Waals surface area contributed by atoms with Gasteiger partial charge in [0.2, 0.25) is 0 Å². The fourth-order valence-electron chi connectivity index (χ4n) is 1.48. The Morgan fingerprint density at radius 3 is 2.32 bits per heavy atom. The van der Waals surface area contributed by atoms with Gasteiger partial charge >= 0.3 is 12.1 Å². The first-order chi connectivity index (χ1) is 10.2. The van der Waals surface area contributed by atoms with E-state index in [1.165, 1.54) is 6.92 Å². The first-order valence-corrected chi connectivity index (χ1v) is 6.40. The first-order valence-electron chi connectivity index (χ1n) is 6.40. The van der Waals surface area contributed by atoms with Crippen LogP contribution in [-0.4, -0.2) is 24.2 Å². The molecule has 1 N–H and O–H groups in total. The standard InChI is InChI=1S/C14H15F3N2O3/c1-3-22-12(20)8-9(2)18-19-13(21)10-4-6-11(7-5-10)14(15,16)17/h4-7H,3,8H2,1-2H3,(H,19,21)/b18-9-. The van der Waals surface area contributed by atoms with Crippen molar-refractivity contribution in [1.29, 1.82) is 0 Å². The highest BCUT2D eigenvalue weighted by atomic mass is 19.4. The molecule has 0 radical (unpaired) electrons. The molecule has 0 aromatic heterocycles. The van der Waals surface area contributed by atoms with Crippen molar-refractivity contribution < 1.29 is 27.5 Å². The molecule has 0 unspecified atom stereocenters. The van der Waals surface area contributed by atoms with Gasteiger partial charge in [0.1, 0.15) is 0 Å². The third-order valence-corrected chi connectivity index (χ3v) is 2.53. The minimum absolute atomic E-state index is 0.0284. The highest BCUT2D eigenvalue weighted by Gasteiger charge is 2.30. The van der Waals surface area contributed by atoms with E-state index in [9.17, 15) is 22.8 Å². The van der Waals surface area contributed by atoms with Gasteiger partial charge in [-0.25, -0.2) is 5.43 Å². The van der Waals surface area contributed by atoms with E-state index in [1.807, 2.05) is 0 Å². The molecule has 0 spiro atoms. The summed E-state index contributed by atoms with van der Waals surface area (Å²) in [6.45, 7) is 3.42. The lowest BCUT2D eigenvalue weighted by molar-refractivity contribution is -0.141. The third kappa shape index (κ3) is 5.55. The van der Waals surface area contributed by atoms with Gasteiger partial charge in [0, 0.05) is 11.3 Å². The van der Waals surface area contributed by atoms with E-state index in [0.29, 0.717) is 5.71 Å². The summed E-state index contributed by atoms with van der Waals surface area (Å²) in [5.41, 5.74) is 1.67. The lowest BCUT2D eigenvalue weighted by Crippen LogP contribution is -2.20. The fourth-order valence-corrected chi connectivity index (χ4v) is 1.48. The van der Waals surface area contributed by atoms with E-state index in [0.717, 1.165) is 24.3 Å².